The summed E-state index contributed by atoms with van der Waals surface area (Å²) in [5, 5.41) is 24.2. The number of aliphatic hydroxyl groups excluding tert-OH is 1. The molecule has 1 aliphatic carbocycles. The fourth-order valence-corrected chi connectivity index (χ4v) is 5.43. The van der Waals surface area contributed by atoms with Gasteiger partial charge in [0, 0.05) is 10.9 Å². The van der Waals surface area contributed by atoms with Crippen molar-refractivity contribution in [1.82, 2.24) is 0 Å². The second-order valence-corrected chi connectivity index (χ2v) is 8.81. The molecule has 1 aliphatic heterocycles. The molecule has 1 heterocycles. The molecule has 6 heteroatoms. The van der Waals surface area contributed by atoms with Crippen molar-refractivity contribution in [2.24, 2.45) is 0 Å². The summed E-state index contributed by atoms with van der Waals surface area (Å²) < 4.78 is 12.5. The maximum absolute atomic E-state index is 12.3. The van der Waals surface area contributed by atoms with Crippen molar-refractivity contribution >= 4 is 23.2 Å². The van der Waals surface area contributed by atoms with E-state index < -0.39 is 17.3 Å². The van der Waals surface area contributed by atoms with Gasteiger partial charge in [-0.15, -0.1) is 11.6 Å². The average molecular weight is 457 g/mol. The third-order valence-corrected chi connectivity index (χ3v) is 6.85. The molecule has 1 fully saturated rings. The number of ether oxygens (including phenoxy) is 2. The summed E-state index contributed by atoms with van der Waals surface area (Å²) in [4.78, 5) is 0. The molecule has 160 valence electrons. The van der Waals surface area contributed by atoms with Crippen LogP contribution in [0.5, 0.6) is 11.5 Å². The molecule has 0 aromatic heterocycles. The molecule has 5 rings (SSSR count). The minimum atomic E-state index is -1.72. The van der Waals surface area contributed by atoms with Gasteiger partial charge in [0.15, 0.2) is 11.2 Å². The maximum atomic E-state index is 12.3. The summed E-state index contributed by atoms with van der Waals surface area (Å²) >= 11 is 12.0. The number of halogens is 2. The quantitative estimate of drug-likeness (QED) is 0.531. The summed E-state index contributed by atoms with van der Waals surface area (Å²) in [6, 6.07) is 22.5. The molecule has 4 atom stereocenters. The van der Waals surface area contributed by atoms with Gasteiger partial charge < -0.3 is 19.7 Å². The van der Waals surface area contributed by atoms with Crippen molar-refractivity contribution in [2.45, 2.75) is 29.6 Å². The lowest BCUT2D eigenvalue weighted by Gasteiger charge is -2.40. The third kappa shape index (κ3) is 2.90. The van der Waals surface area contributed by atoms with E-state index in [9.17, 15) is 10.2 Å². The summed E-state index contributed by atoms with van der Waals surface area (Å²) in [5.41, 5.74) is -0.797. The number of aliphatic hydroxyl groups is 2. The zero-order valence-corrected chi connectivity index (χ0v) is 18.2. The van der Waals surface area contributed by atoms with Crippen molar-refractivity contribution in [1.29, 1.82) is 0 Å². The Kier molecular flexibility index (Phi) is 5.14. The Balaban J connectivity index is 1.77. The standard InChI is InChI=1S/C25H22Cl2O4/c26-13-14-30-20-7-4-8-21-23(20)24(29)22(28)15-19(16-5-2-1-3-6-16)25(24,31-21)17-9-11-18(27)12-10-17/h1-12,19,22,28-29H,13-15H2/t19-,22-,24+,25-/m0/s1. The molecule has 0 bridgehead atoms. The van der Waals surface area contributed by atoms with Crippen LogP contribution >= 0.6 is 23.2 Å². The topological polar surface area (TPSA) is 58.9 Å². The molecule has 4 nitrogen and oxygen atoms in total. The molecule has 0 saturated heterocycles. The van der Waals surface area contributed by atoms with E-state index in [1.807, 2.05) is 48.5 Å². The van der Waals surface area contributed by atoms with Crippen molar-refractivity contribution in [2.75, 3.05) is 12.5 Å². The molecular weight excluding hydrogens is 435 g/mol. The Morgan fingerprint density at radius 1 is 1.00 bits per heavy atom. The summed E-state index contributed by atoms with van der Waals surface area (Å²) in [6.07, 6.45) is -0.748. The Morgan fingerprint density at radius 2 is 1.74 bits per heavy atom. The first-order valence-electron chi connectivity index (χ1n) is 10.2. The van der Waals surface area contributed by atoms with Gasteiger partial charge in [-0.3, -0.25) is 0 Å². The highest BCUT2D eigenvalue weighted by Crippen LogP contribution is 2.68. The van der Waals surface area contributed by atoms with E-state index in [0.29, 0.717) is 34.4 Å². The zero-order chi connectivity index (χ0) is 21.6. The predicted molar refractivity (Wildman–Crippen MR) is 120 cm³/mol. The number of fused-ring (bicyclic) bond motifs is 3. The van der Waals surface area contributed by atoms with Crippen LogP contribution in [0.15, 0.2) is 72.8 Å². The highest BCUT2D eigenvalue weighted by Gasteiger charge is 2.73. The van der Waals surface area contributed by atoms with Crippen LogP contribution in [0.2, 0.25) is 5.02 Å². The highest BCUT2D eigenvalue weighted by atomic mass is 35.5. The predicted octanol–water partition coefficient (Wildman–Crippen LogP) is 4.98. The maximum Gasteiger partial charge on any atom is 0.176 e. The molecule has 2 N–H and O–H groups in total. The van der Waals surface area contributed by atoms with Crippen LogP contribution in [0, 0.1) is 0 Å². The van der Waals surface area contributed by atoms with Gasteiger partial charge in [-0.2, -0.15) is 0 Å². The molecule has 3 aromatic rings. The van der Waals surface area contributed by atoms with Crippen molar-refractivity contribution in [3.63, 3.8) is 0 Å². The summed E-state index contributed by atoms with van der Waals surface area (Å²) in [7, 11) is 0. The van der Waals surface area contributed by atoms with Crippen LogP contribution in [0.3, 0.4) is 0 Å². The number of benzene rings is 3. The highest BCUT2D eigenvalue weighted by molar-refractivity contribution is 6.30. The number of alkyl halides is 1. The van der Waals surface area contributed by atoms with Crippen molar-refractivity contribution < 1.29 is 19.7 Å². The Hall–Kier alpha value is -2.24. The molecule has 1 saturated carbocycles. The largest absolute Gasteiger partial charge is 0.492 e. The van der Waals surface area contributed by atoms with E-state index in [2.05, 4.69) is 0 Å². The third-order valence-electron chi connectivity index (χ3n) is 6.45. The van der Waals surface area contributed by atoms with Crippen LogP contribution in [0.1, 0.15) is 29.0 Å². The Labute approximate surface area is 191 Å². The number of hydrogen-bond acceptors (Lipinski definition) is 4. The first-order chi connectivity index (χ1) is 15.0. The van der Waals surface area contributed by atoms with Gasteiger partial charge in [-0.25, -0.2) is 0 Å². The molecule has 0 unspecified atom stereocenters. The molecule has 31 heavy (non-hydrogen) atoms. The lowest BCUT2D eigenvalue weighted by molar-refractivity contribution is -0.150. The Bertz CT molecular complexity index is 1090. The number of rotatable bonds is 5. The normalized spacial score (nSPS) is 28.6. The van der Waals surface area contributed by atoms with Crippen LogP contribution in [0.25, 0.3) is 0 Å². The van der Waals surface area contributed by atoms with Gasteiger partial charge in [0.1, 0.15) is 18.1 Å². The van der Waals surface area contributed by atoms with E-state index in [0.717, 1.165) is 11.1 Å². The van der Waals surface area contributed by atoms with E-state index >= 15 is 0 Å². The zero-order valence-electron chi connectivity index (χ0n) is 16.7. The van der Waals surface area contributed by atoms with Gasteiger partial charge >= 0.3 is 0 Å². The van der Waals surface area contributed by atoms with E-state index in [4.69, 9.17) is 32.7 Å². The molecule has 3 aromatic carbocycles. The second-order valence-electron chi connectivity index (χ2n) is 7.99. The fourth-order valence-electron chi connectivity index (χ4n) is 5.22. The lowest BCUT2D eigenvalue weighted by Crippen LogP contribution is -2.52. The van der Waals surface area contributed by atoms with Gasteiger partial charge in [-0.1, -0.05) is 60.1 Å². The fraction of sp³-hybridized carbons (Fsp3) is 0.280. The summed E-state index contributed by atoms with van der Waals surface area (Å²) in [6.45, 7) is 0.278. The molecule has 0 spiro atoms. The number of hydrogen-bond donors (Lipinski definition) is 2. The molecule has 0 radical (unpaired) electrons. The van der Waals surface area contributed by atoms with Crippen LogP contribution in [0.4, 0.5) is 0 Å². The van der Waals surface area contributed by atoms with Crippen molar-refractivity contribution in [3.05, 3.63) is 94.5 Å². The Morgan fingerprint density at radius 3 is 2.45 bits per heavy atom. The van der Waals surface area contributed by atoms with Crippen LogP contribution in [-0.4, -0.2) is 28.8 Å². The molecular formula is C25H22Cl2O4. The van der Waals surface area contributed by atoms with E-state index in [-0.39, 0.29) is 12.5 Å². The first kappa shape index (κ1) is 20.7. The van der Waals surface area contributed by atoms with Gasteiger partial charge in [0.05, 0.1) is 17.5 Å². The average Bonchev–Trinajstić information content (AvgIpc) is 3.19. The minimum absolute atomic E-state index is 0.278. The molecule has 0 amide bonds. The van der Waals surface area contributed by atoms with Crippen LogP contribution < -0.4 is 9.47 Å². The lowest BCUT2D eigenvalue weighted by atomic mass is 9.71. The molecule has 2 aliphatic rings. The second kappa shape index (κ2) is 7.72. The first-order valence-corrected chi connectivity index (χ1v) is 11.2. The monoisotopic (exact) mass is 456 g/mol. The van der Waals surface area contributed by atoms with Crippen LogP contribution in [-0.2, 0) is 11.2 Å². The van der Waals surface area contributed by atoms with Gasteiger partial charge in [0.25, 0.3) is 0 Å². The van der Waals surface area contributed by atoms with E-state index in [1.165, 1.54) is 0 Å². The summed E-state index contributed by atoms with van der Waals surface area (Å²) in [5.74, 6) is 0.956. The van der Waals surface area contributed by atoms with E-state index in [1.54, 1.807) is 24.3 Å². The smallest absolute Gasteiger partial charge is 0.176 e. The SMILES string of the molecule is O[C@H]1C[C@@H](c2ccccc2)[C@]2(c3ccc(Cl)cc3)Oc3cccc(OCCCl)c3[C@]12O. The van der Waals surface area contributed by atoms with Crippen molar-refractivity contribution in [3.8, 4) is 11.5 Å². The van der Waals surface area contributed by atoms with Gasteiger partial charge in [-0.05, 0) is 41.8 Å². The minimum Gasteiger partial charge on any atom is -0.492 e. The van der Waals surface area contributed by atoms with Gasteiger partial charge in [0.2, 0.25) is 0 Å².